The minimum absolute atomic E-state index is 0.952. The summed E-state index contributed by atoms with van der Waals surface area (Å²) in [4.78, 5) is 0. The molecule has 0 amide bonds. The van der Waals surface area contributed by atoms with Gasteiger partial charge in [-0.3, -0.25) is 0 Å². The van der Waals surface area contributed by atoms with Crippen molar-refractivity contribution >= 4 is 0 Å². The quantitative estimate of drug-likeness (QED) is 0.367. The lowest BCUT2D eigenvalue weighted by Gasteiger charge is -1.83. The molecule has 0 aromatic carbocycles. The smallest absolute Gasteiger partial charge is 0.0817 e. The third-order valence-electron chi connectivity index (χ3n) is 0.947. The van der Waals surface area contributed by atoms with Crippen LogP contribution in [0.3, 0.4) is 0 Å². The minimum Gasteiger partial charge on any atom is -0.0817 e. The molecule has 0 bridgehead atoms. The minimum atomic E-state index is 0.952. The summed E-state index contributed by atoms with van der Waals surface area (Å²) in [6.07, 6.45) is 4.29. The molecule has 0 saturated heterocycles. The first-order valence-corrected chi connectivity index (χ1v) is 2.76. The van der Waals surface area contributed by atoms with E-state index < -0.39 is 0 Å². The van der Waals surface area contributed by atoms with Crippen LogP contribution in [0.4, 0.5) is 0 Å². The molecule has 0 atom stereocenters. The van der Waals surface area contributed by atoms with Crippen LogP contribution in [-0.2, 0) is 0 Å². The summed E-state index contributed by atoms with van der Waals surface area (Å²) in [5.74, 6) is 0. The lowest BCUT2D eigenvalue weighted by Crippen LogP contribution is -1.67. The van der Waals surface area contributed by atoms with Gasteiger partial charge in [-0.15, -0.1) is 0 Å². The zero-order valence-corrected chi connectivity index (χ0v) is 5.20. The molecule has 40 valence electrons. The summed E-state index contributed by atoms with van der Waals surface area (Å²) in [6, 6.07) is 0. The van der Waals surface area contributed by atoms with E-state index in [1.54, 1.807) is 0 Å². The van der Waals surface area contributed by atoms with Crippen molar-refractivity contribution in [3.05, 3.63) is 18.6 Å². The third-order valence-corrected chi connectivity index (χ3v) is 0.947. The molecule has 0 aromatic rings. The molecule has 0 unspecified atom stereocenters. The molecule has 0 saturated carbocycles. The van der Waals surface area contributed by atoms with Crippen molar-refractivity contribution in [3.8, 4) is 0 Å². The molecule has 7 heavy (non-hydrogen) atoms. The zero-order valence-electron chi connectivity index (χ0n) is 5.20. The van der Waals surface area contributed by atoms with Crippen LogP contribution in [0, 0.1) is 6.92 Å². The molecule has 0 heterocycles. The van der Waals surface area contributed by atoms with Gasteiger partial charge < -0.3 is 0 Å². The average Bonchev–Trinajstić information content (AvgIpc) is 1.68. The molecule has 0 rings (SSSR count). The second-order valence-electron chi connectivity index (χ2n) is 1.71. The summed E-state index contributed by atoms with van der Waals surface area (Å²) >= 11 is 0. The first-order chi connectivity index (χ1) is 3.31. The average molecular weight is 97.2 g/mol. The highest BCUT2D eigenvalue weighted by Crippen LogP contribution is 1.97. The first-order valence-electron chi connectivity index (χ1n) is 2.76. The Balaban J connectivity index is 3.29. The van der Waals surface area contributed by atoms with Crippen molar-refractivity contribution in [2.24, 2.45) is 0 Å². The highest BCUT2D eigenvalue weighted by molar-refractivity contribution is 4.97. The number of hydrogen-bond acceptors (Lipinski definition) is 0. The number of rotatable bonds is 2. The Morgan fingerprint density at radius 2 is 2.29 bits per heavy atom. The summed E-state index contributed by atoms with van der Waals surface area (Å²) in [6.45, 7) is 7.98. The maximum atomic E-state index is 3.74. The van der Waals surface area contributed by atoms with Gasteiger partial charge in [0.25, 0.3) is 0 Å². The fourth-order valence-electron chi connectivity index (χ4n) is 0.451. The van der Waals surface area contributed by atoms with E-state index in [4.69, 9.17) is 0 Å². The zero-order chi connectivity index (χ0) is 5.70. The number of hydrogen-bond donors (Lipinski definition) is 0. The normalized spacial score (nSPS) is 12.0. The van der Waals surface area contributed by atoms with Gasteiger partial charge in [-0.2, -0.15) is 0 Å². The summed E-state index contributed by atoms with van der Waals surface area (Å²) < 4.78 is 0. The molecule has 0 aliphatic carbocycles. The first kappa shape index (κ1) is 6.61. The standard InChI is InChI=1S/C7H13/c1-4-6-7(3)5-2/h6H,2,4-5H2,1,3H3/q+1/b7-6-. The van der Waals surface area contributed by atoms with Crippen LogP contribution >= 0.6 is 0 Å². The Labute approximate surface area is 46.2 Å². The van der Waals surface area contributed by atoms with Gasteiger partial charge in [0, 0.05) is 0 Å². The molecular formula is C7H13+. The molecule has 0 aliphatic rings. The van der Waals surface area contributed by atoms with E-state index in [0.717, 1.165) is 12.8 Å². The lowest BCUT2D eigenvalue weighted by atomic mass is 10.2. The van der Waals surface area contributed by atoms with Crippen molar-refractivity contribution in [3.63, 3.8) is 0 Å². The van der Waals surface area contributed by atoms with Crippen molar-refractivity contribution in [2.75, 3.05) is 0 Å². The van der Waals surface area contributed by atoms with Gasteiger partial charge in [0.05, 0.1) is 6.92 Å². The molecule has 0 aromatic heterocycles. The van der Waals surface area contributed by atoms with Crippen LogP contribution in [0.2, 0.25) is 0 Å². The highest BCUT2D eigenvalue weighted by atomic mass is 13.8. The Morgan fingerprint density at radius 3 is 2.43 bits per heavy atom. The maximum Gasteiger partial charge on any atom is 0.106 e. The molecule has 0 aliphatic heterocycles. The van der Waals surface area contributed by atoms with Crippen molar-refractivity contribution < 1.29 is 0 Å². The third kappa shape index (κ3) is 3.44. The Hall–Kier alpha value is -0.390. The Bertz CT molecular complexity index is 60.4. The van der Waals surface area contributed by atoms with E-state index in [9.17, 15) is 0 Å². The predicted molar refractivity (Wildman–Crippen MR) is 34.0 cm³/mol. The van der Waals surface area contributed by atoms with Gasteiger partial charge in [-0.05, 0) is 18.9 Å². The lowest BCUT2D eigenvalue weighted by molar-refractivity contribution is 1.12. The number of allylic oxidation sites excluding steroid dienone is 2. The van der Waals surface area contributed by atoms with Crippen LogP contribution in [0.25, 0.3) is 0 Å². The van der Waals surface area contributed by atoms with Crippen LogP contribution in [0.15, 0.2) is 11.6 Å². The van der Waals surface area contributed by atoms with Crippen LogP contribution in [-0.4, -0.2) is 0 Å². The molecule has 0 spiro atoms. The molecule has 0 N–H and O–H groups in total. The Morgan fingerprint density at radius 1 is 1.71 bits per heavy atom. The molecular weight excluding hydrogens is 84.1 g/mol. The van der Waals surface area contributed by atoms with Gasteiger partial charge in [0.1, 0.15) is 6.42 Å². The molecule has 0 heteroatoms. The fraction of sp³-hybridized carbons (Fsp3) is 0.571. The molecule has 0 fully saturated rings. The topological polar surface area (TPSA) is 0 Å². The van der Waals surface area contributed by atoms with Gasteiger partial charge in [-0.25, -0.2) is 0 Å². The van der Waals surface area contributed by atoms with Gasteiger partial charge in [-0.1, -0.05) is 13.0 Å². The van der Waals surface area contributed by atoms with E-state index in [1.165, 1.54) is 5.57 Å². The van der Waals surface area contributed by atoms with Gasteiger partial charge in [0.2, 0.25) is 0 Å². The summed E-state index contributed by atoms with van der Waals surface area (Å²) in [5, 5.41) is 0. The maximum absolute atomic E-state index is 3.74. The van der Waals surface area contributed by atoms with E-state index in [1.807, 2.05) is 0 Å². The van der Waals surface area contributed by atoms with Crippen molar-refractivity contribution in [2.45, 2.75) is 26.7 Å². The van der Waals surface area contributed by atoms with E-state index in [2.05, 4.69) is 26.8 Å². The summed E-state index contributed by atoms with van der Waals surface area (Å²) in [7, 11) is 0. The molecule has 0 radical (unpaired) electrons. The second kappa shape index (κ2) is 3.79. The van der Waals surface area contributed by atoms with Crippen molar-refractivity contribution in [1.82, 2.24) is 0 Å². The highest BCUT2D eigenvalue weighted by Gasteiger charge is 1.82. The molecule has 0 nitrogen and oxygen atoms in total. The second-order valence-corrected chi connectivity index (χ2v) is 1.71. The Kier molecular flexibility index (Phi) is 3.58. The van der Waals surface area contributed by atoms with Gasteiger partial charge >= 0.3 is 0 Å². The van der Waals surface area contributed by atoms with Crippen molar-refractivity contribution in [1.29, 1.82) is 0 Å². The van der Waals surface area contributed by atoms with Crippen LogP contribution < -0.4 is 0 Å². The van der Waals surface area contributed by atoms with Gasteiger partial charge in [0.15, 0.2) is 0 Å². The largest absolute Gasteiger partial charge is 0.106 e. The SMILES string of the molecule is [CH2+]C/C(C)=C\CC. The van der Waals surface area contributed by atoms with E-state index in [0.29, 0.717) is 0 Å². The summed E-state index contributed by atoms with van der Waals surface area (Å²) in [5.41, 5.74) is 1.39. The monoisotopic (exact) mass is 97.1 g/mol. The van der Waals surface area contributed by atoms with E-state index >= 15 is 0 Å². The van der Waals surface area contributed by atoms with E-state index in [-0.39, 0.29) is 0 Å². The van der Waals surface area contributed by atoms with Crippen LogP contribution in [0.1, 0.15) is 26.7 Å². The fourth-order valence-corrected chi connectivity index (χ4v) is 0.451. The predicted octanol–water partition coefficient (Wildman–Crippen LogP) is 2.57. The van der Waals surface area contributed by atoms with Crippen LogP contribution in [0.5, 0.6) is 0 Å².